The molecule has 22 heavy (non-hydrogen) atoms. The maximum Gasteiger partial charge on any atom is 0.235 e. The lowest BCUT2D eigenvalue weighted by Crippen LogP contribution is -1.98. The molecule has 1 aromatic carbocycles. The van der Waals surface area contributed by atoms with Crippen LogP contribution in [0.5, 0.6) is 0 Å². The van der Waals surface area contributed by atoms with Gasteiger partial charge in [-0.05, 0) is 27.6 Å². The molecule has 3 aromatic heterocycles. The van der Waals surface area contributed by atoms with Crippen LogP contribution in [0.2, 0.25) is 5.02 Å². The van der Waals surface area contributed by atoms with Crippen molar-refractivity contribution in [1.29, 1.82) is 0 Å². The Morgan fingerprint density at radius 2 is 2.14 bits per heavy atom. The van der Waals surface area contributed by atoms with Gasteiger partial charge in [0.05, 0.1) is 10.7 Å². The molecular weight excluding hydrogens is 388 g/mol. The van der Waals surface area contributed by atoms with E-state index in [4.69, 9.17) is 11.6 Å². The highest BCUT2D eigenvalue weighted by atomic mass is 79.9. The molecule has 6 nitrogen and oxygen atoms in total. The Morgan fingerprint density at radius 1 is 1.27 bits per heavy atom. The van der Waals surface area contributed by atoms with Crippen LogP contribution in [0, 0.1) is 0 Å². The molecule has 0 amide bonds. The zero-order valence-corrected chi connectivity index (χ0v) is 14.2. The van der Waals surface area contributed by atoms with Gasteiger partial charge in [0.15, 0.2) is 10.8 Å². The van der Waals surface area contributed by atoms with Crippen molar-refractivity contribution in [1.82, 2.24) is 30.0 Å². The van der Waals surface area contributed by atoms with Gasteiger partial charge < -0.3 is 0 Å². The monoisotopic (exact) mass is 394 g/mol. The molecule has 0 radical (unpaired) electrons. The largest absolute Gasteiger partial charge is 0.274 e. The van der Waals surface area contributed by atoms with E-state index < -0.39 is 0 Å². The number of nitrogens with zero attached hydrogens (tertiary/aromatic N) is 5. The number of aromatic nitrogens is 6. The smallest absolute Gasteiger partial charge is 0.235 e. The Balaban J connectivity index is 1.75. The van der Waals surface area contributed by atoms with E-state index in [1.807, 2.05) is 24.3 Å². The van der Waals surface area contributed by atoms with Crippen LogP contribution in [0.15, 0.2) is 34.9 Å². The van der Waals surface area contributed by atoms with Gasteiger partial charge in [0, 0.05) is 11.4 Å². The third-order valence-electron chi connectivity index (χ3n) is 3.17. The predicted octanol–water partition coefficient (Wildman–Crippen LogP) is 3.58. The maximum atomic E-state index is 6.20. The average molecular weight is 396 g/mol. The van der Waals surface area contributed by atoms with E-state index in [1.165, 1.54) is 11.3 Å². The van der Waals surface area contributed by atoms with Crippen LogP contribution in [-0.2, 0) is 6.42 Å². The van der Waals surface area contributed by atoms with Gasteiger partial charge in [-0.2, -0.15) is 14.7 Å². The molecule has 0 fully saturated rings. The Labute approximate surface area is 142 Å². The van der Waals surface area contributed by atoms with E-state index in [2.05, 4.69) is 41.4 Å². The minimum Gasteiger partial charge on any atom is -0.274 e. The van der Waals surface area contributed by atoms with Crippen molar-refractivity contribution in [3.8, 4) is 10.7 Å². The molecule has 9 heteroatoms. The summed E-state index contributed by atoms with van der Waals surface area (Å²) in [6.07, 6.45) is 2.27. The fraction of sp³-hybridized carbons (Fsp3) is 0.0769. The van der Waals surface area contributed by atoms with Crippen molar-refractivity contribution in [2.45, 2.75) is 6.42 Å². The standard InChI is InChI=1S/C13H8BrClN6S/c14-8-6-16-18-11(8)12-20-21-10(17-19-13(21)22-12)5-7-3-1-2-4-9(7)15/h1-4,6H,5H2,(H,16,18). The molecule has 110 valence electrons. The molecule has 0 unspecified atom stereocenters. The Morgan fingerprint density at radius 3 is 2.91 bits per heavy atom. The van der Waals surface area contributed by atoms with E-state index in [0.29, 0.717) is 11.4 Å². The lowest BCUT2D eigenvalue weighted by Gasteiger charge is -2.00. The van der Waals surface area contributed by atoms with E-state index in [-0.39, 0.29) is 0 Å². The van der Waals surface area contributed by atoms with Crippen molar-refractivity contribution in [2.75, 3.05) is 0 Å². The summed E-state index contributed by atoms with van der Waals surface area (Å²) in [6, 6.07) is 7.70. The third-order valence-corrected chi connectivity index (χ3v) is 5.06. The first kappa shape index (κ1) is 13.9. The van der Waals surface area contributed by atoms with Crippen molar-refractivity contribution < 1.29 is 0 Å². The Hall–Kier alpha value is -1.77. The molecule has 0 aliphatic rings. The van der Waals surface area contributed by atoms with E-state index in [9.17, 15) is 0 Å². The molecule has 4 rings (SSSR count). The lowest BCUT2D eigenvalue weighted by atomic mass is 10.1. The number of benzene rings is 1. The zero-order chi connectivity index (χ0) is 15.1. The summed E-state index contributed by atoms with van der Waals surface area (Å²) in [7, 11) is 0. The number of nitrogens with one attached hydrogen (secondary N) is 1. The average Bonchev–Trinajstić information content (AvgIpc) is 3.18. The summed E-state index contributed by atoms with van der Waals surface area (Å²) in [5, 5.41) is 21.4. The second kappa shape index (κ2) is 5.45. The predicted molar refractivity (Wildman–Crippen MR) is 88.2 cm³/mol. The van der Waals surface area contributed by atoms with Crippen LogP contribution in [0.25, 0.3) is 15.7 Å². The number of H-pyrrole nitrogens is 1. The molecule has 3 heterocycles. The summed E-state index contributed by atoms with van der Waals surface area (Å²) in [5.41, 5.74) is 1.83. The second-order valence-electron chi connectivity index (χ2n) is 4.58. The molecule has 0 saturated carbocycles. The van der Waals surface area contributed by atoms with Gasteiger partial charge in [0.25, 0.3) is 0 Å². The maximum absolute atomic E-state index is 6.20. The van der Waals surface area contributed by atoms with Crippen LogP contribution in [0.3, 0.4) is 0 Å². The van der Waals surface area contributed by atoms with Gasteiger partial charge in [0.2, 0.25) is 4.96 Å². The topological polar surface area (TPSA) is 71.8 Å². The van der Waals surface area contributed by atoms with Crippen molar-refractivity contribution >= 4 is 43.8 Å². The van der Waals surface area contributed by atoms with Crippen LogP contribution in [-0.4, -0.2) is 30.0 Å². The molecule has 0 bridgehead atoms. The van der Waals surface area contributed by atoms with Gasteiger partial charge in [-0.15, -0.1) is 10.2 Å². The van der Waals surface area contributed by atoms with E-state index in [1.54, 1.807) is 10.7 Å². The van der Waals surface area contributed by atoms with Crippen LogP contribution in [0.1, 0.15) is 11.4 Å². The molecular formula is C13H8BrClN6S. The molecule has 4 aromatic rings. The number of hydrogen-bond acceptors (Lipinski definition) is 5. The minimum atomic E-state index is 0.578. The van der Waals surface area contributed by atoms with Gasteiger partial charge in [-0.1, -0.05) is 41.1 Å². The van der Waals surface area contributed by atoms with Gasteiger partial charge in [-0.3, -0.25) is 5.10 Å². The molecule has 0 atom stereocenters. The molecule has 1 N–H and O–H groups in total. The summed E-state index contributed by atoms with van der Waals surface area (Å²) < 4.78 is 2.61. The third kappa shape index (κ3) is 2.33. The minimum absolute atomic E-state index is 0.578. The fourth-order valence-corrected chi connectivity index (χ4v) is 3.68. The first-order chi connectivity index (χ1) is 10.7. The quantitative estimate of drug-likeness (QED) is 0.575. The molecule has 0 aliphatic carbocycles. The highest BCUT2D eigenvalue weighted by Gasteiger charge is 2.16. The summed E-state index contributed by atoms with van der Waals surface area (Å²) >= 11 is 11.1. The second-order valence-corrected chi connectivity index (χ2v) is 6.80. The normalized spacial score (nSPS) is 11.4. The fourth-order valence-electron chi connectivity index (χ4n) is 2.10. The highest BCUT2D eigenvalue weighted by molar-refractivity contribution is 9.10. The van der Waals surface area contributed by atoms with E-state index in [0.717, 1.165) is 31.5 Å². The number of aromatic amines is 1. The summed E-state index contributed by atoms with van der Waals surface area (Å²) in [6.45, 7) is 0. The first-order valence-corrected chi connectivity index (χ1v) is 8.35. The number of rotatable bonds is 3. The molecule has 0 spiro atoms. The number of fused-ring (bicyclic) bond motifs is 1. The molecule has 0 aliphatic heterocycles. The van der Waals surface area contributed by atoms with Gasteiger partial charge in [0.1, 0.15) is 5.69 Å². The summed E-state index contributed by atoms with van der Waals surface area (Å²) in [5.74, 6) is 0.751. The Bertz CT molecular complexity index is 958. The van der Waals surface area contributed by atoms with Crippen molar-refractivity contribution in [2.24, 2.45) is 0 Å². The zero-order valence-electron chi connectivity index (χ0n) is 11.0. The van der Waals surface area contributed by atoms with Gasteiger partial charge in [-0.25, -0.2) is 0 Å². The Kier molecular flexibility index (Phi) is 3.44. The molecule has 0 saturated heterocycles. The highest BCUT2D eigenvalue weighted by Crippen LogP contribution is 2.29. The van der Waals surface area contributed by atoms with Crippen molar-refractivity contribution in [3.63, 3.8) is 0 Å². The SMILES string of the molecule is Clc1ccccc1Cc1nnc2sc(-c3[nH]ncc3Br)nn12. The summed E-state index contributed by atoms with van der Waals surface area (Å²) in [4.78, 5) is 0.735. The number of halogens is 2. The van der Waals surface area contributed by atoms with E-state index >= 15 is 0 Å². The van der Waals surface area contributed by atoms with Crippen LogP contribution < -0.4 is 0 Å². The van der Waals surface area contributed by atoms with Crippen LogP contribution in [0.4, 0.5) is 0 Å². The number of hydrogen-bond donors (Lipinski definition) is 1. The first-order valence-electron chi connectivity index (χ1n) is 6.36. The van der Waals surface area contributed by atoms with Crippen LogP contribution >= 0.6 is 38.9 Å². The van der Waals surface area contributed by atoms with Gasteiger partial charge >= 0.3 is 0 Å². The van der Waals surface area contributed by atoms with Crippen molar-refractivity contribution in [3.05, 3.63) is 51.3 Å². The lowest BCUT2D eigenvalue weighted by molar-refractivity contribution is 0.852.